The first-order valence-corrected chi connectivity index (χ1v) is 6.42. The number of hydrogen-bond acceptors (Lipinski definition) is 2. The summed E-state index contributed by atoms with van der Waals surface area (Å²) in [4.78, 5) is 0. The molecule has 2 fully saturated rings. The maximum atomic E-state index is 3.71. The van der Waals surface area contributed by atoms with E-state index in [1.54, 1.807) is 0 Å². The van der Waals surface area contributed by atoms with Crippen molar-refractivity contribution in [3.63, 3.8) is 0 Å². The van der Waals surface area contributed by atoms with Crippen LogP contribution in [0.5, 0.6) is 0 Å². The average Bonchev–Trinajstić information content (AvgIpc) is 2.04. The minimum Gasteiger partial charge on any atom is -0.314 e. The lowest BCUT2D eigenvalue weighted by Gasteiger charge is -2.29. The molecule has 0 radical (unpaired) electrons. The Morgan fingerprint density at radius 2 is 1.83 bits per heavy atom. The molecule has 0 unspecified atom stereocenters. The number of nitrogens with one attached hydrogen (secondary N) is 1. The first-order chi connectivity index (χ1) is 5.95. The van der Waals surface area contributed by atoms with Gasteiger partial charge in [0.2, 0.25) is 0 Å². The maximum absolute atomic E-state index is 3.71. The fourth-order valence-corrected chi connectivity index (χ4v) is 3.04. The first-order valence-electron chi connectivity index (χ1n) is 5.26. The van der Waals surface area contributed by atoms with E-state index in [-0.39, 0.29) is 0 Å². The molecule has 1 aliphatic heterocycles. The molecule has 0 aromatic carbocycles. The van der Waals surface area contributed by atoms with Gasteiger partial charge in [-0.1, -0.05) is 6.42 Å². The van der Waals surface area contributed by atoms with Crippen molar-refractivity contribution < 1.29 is 0 Å². The molecule has 1 nitrogen and oxygen atoms in total. The molecule has 1 heterocycles. The monoisotopic (exact) mass is 185 g/mol. The molecule has 12 heavy (non-hydrogen) atoms. The van der Waals surface area contributed by atoms with Crippen LogP contribution in [0, 0.1) is 5.92 Å². The second kappa shape index (κ2) is 4.52. The molecule has 1 aliphatic carbocycles. The molecule has 0 amide bonds. The predicted octanol–water partition coefficient (Wildman–Crippen LogP) is 2.27. The topological polar surface area (TPSA) is 12.0 Å². The molecule has 1 saturated heterocycles. The fourth-order valence-electron chi connectivity index (χ4n) is 1.93. The SMILES string of the molecule is C1CC(CNC2CCSCC2)C1. The first kappa shape index (κ1) is 8.89. The summed E-state index contributed by atoms with van der Waals surface area (Å²) in [6.45, 7) is 1.30. The third-order valence-electron chi connectivity index (χ3n) is 3.14. The van der Waals surface area contributed by atoms with Gasteiger partial charge in [0.25, 0.3) is 0 Å². The Morgan fingerprint density at radius 1 is 1.08 bits per heavy atom. The number of thioether (sulfide) groups is 1. The number of rotatable bonds is 3. The van der Waals surface area contributed by atoms with Gasteiger partial charge in [-0.25, -0.2) is 0 Å². The highest BCUT2D eigenvalue weighted by atomic mass is 32.2. The lowest BCUT2D eigenvalue weighted by atomic mass is 9.85. The van der Waals surface area contributed by atoms with E-state index in [0.717, 1.165) is 12.0 Å². The Bertz CT molecular complexity index is 128. The molecule has 0 atom stereocenters. The van der Waals surface area contributed by atoms with Crippen LogP contribution in [0.25, 0.3) is 0 Å². The molecular weight excluding hydrogens is 166 g/mol. The van der Waals surface area contributed by atoms with Crippen LogP contribution in [0.4, 0.5) is 0 Å². The lowest BCUT2D eigenvalue weighted by Crippen LogP contribution is -2.37. The molecule has 0 aromatic heterocycles. The second-order valence-corrected chi connectivity index (χ2v) is 5.32. The summed E-state index contributed by atoms with van der Waals surface area (Å²) in [5.74, 6) is 3.78. The average molecular weight is 185 g/mol. The van der Waals surface area contributed by atoms with Gasteiger partial charge < -0.3 is 5.32 Å². The molecule has 0 bridgehead atoms. The summed E-state index contributed by atoms with van der Waals surface area (Å²) >= 11 is 2.11. The zero-order valence-electron chi connectivity index (χ0n) is 7.72. The third-order valence-corrected chi connectivity index (χ3v) is 4.19. The molecule has 0 spiro atoms. The van der Waals surface area contributed by atoms with Crippen LogP contribution in [-0.4, -0.2) is 24.1 Å². The van der Waals surface area contributed by atoms with Gasteiger partial charge in [-0.15, -0.1) is 0 Å². The summed E-state index contributed by atoms with van der Waals surface area (Å²) in [5, 5.41) is 3.71. The second-order valence-electron chi connectivity index (χ2n) is 4.09. The Labute approximate surface area is 79.7 Å². The van der Waals surface area contributed by atoms with Gasteiger partial charge in [0, 0.05) is 6.04 Å². The van der Waals surface area contributed by atoms with Gasteiger partial charge in [0.05, 0.1) is 0 Å². The van der Waals surface area contributed by atoms with E-state index >= 15 is 0 Å². The van der Waals surface area contributed by atoms with E-state index in [4.69, 9.17) is 0 Å². The smallest absolute Gasteiger partial charge is 0.00828 e. The highest BCUT2D eigenvalue weighted by Crippen LogP contribution is 2.26. The van der Waals surface area contributed by atoms with E-state index in [0.29, 0.717) is 0 Å². The zero-order valence-corrected chi connectivity index (χ0v) is 8.54. The Hall–Kier alpha value is 0.310. The van der Waals surface area contributed by atoms with E-state index in [2.05, 4.69) is 17.1 Å². The van der Waals surface area contributed by atoms with Crippen LogP contribution in [-0.2, 0) is 0 Å². The van der Waals surface area contributed by atoms with Crippen LogP contribution < -0.4 is 5.32 Å². The van der Waals surface area contributed by atoms with Crippen LogP contribution in [0.1, 0.15) is 32.1 Å². The lowest BCUT2D eigenvalue weighted by molar-refractivity contribution is 0.285. The van der Waals surface area contributed by atoms with Crippen molar-refractivity contribution in [2.75, 3.05) is 18.1 Å². The molecule has 2 heteroatoms. The van der Waals surface area contributed by atoms with E-state index < -0.39 is 0 Å². The molecule has 0 aromatic rings. The number of hydrogen-bond donors (Lipinski definition) is 1. The standard InChI is InChI=1S/C10H19NS/c1-2-9(3-1)8-11-10-4-6-12-7-5-10/h9-11H,1-8H2. The highest BCUT2D eigenvalue weighted by Gasteiger charge is 2.19. The van der Waals surface area contributed by atoms with E-state index in [1.807, 2.05) is 0 Å². The minimum atomic E-state index is 0.854. The van der Waals surface area contributed by atoms with Gasteiger partial charge >= 0.3 is 0 Å². The summed E-state index contributed by atoms with van der Waals surface area (Å²) < 4.78 is 0. The third kappa shape index (κ3) is 2.40. The van der Waals surface area contributed by atoms with Crippen LogP contribution >= 0.6 is 11.8 Å². The Kier molecular flexibility index (Phi) is 3.35. The summed E-state index contributed by atoms with van der Waals surface area (Å²) in [6.07, 6.45) is 7.24. The van der Waals surface area contributed by atoms with Crippen LogP contribution in [0.15, 0.2) is 0 Å². The van der Waals surface area contributed by atoms with Crippen molar-refractivity contribution in [1.29, 1.82) is 0 Å². The van der Waals surface area contributed by atoms with Gasteiger partial charge in [0.15, 0.2) is 0 Å². The Balaban J connectivity index is 1.58. The predicted molar refractivity (Wildman–Crippen MR) is 55.7 cm³/mol. The summed E-state index contributed by atoms with van der Waals surface area (Å²) in [6, 6.07) is 0.854. The molecule has 1 N–H and O–H groups in total. The van der Waals surface area contributed by atoms with E-state index in [1.165, 1.54) is 50.2 Å². The quantitative estimate of drug-likeness (QED) is 0.724. The van der Waals surface area contributed by atoms with Crippen molar-refractivity contribution in [2.45, 2.75) is 38.1 Å². The van der Waals surface area contributed by atoms with Crippen LogP contribution in [0.2, 0.25) is 0 Å². The molecule has 1 saturated carbocycles. The summed E-state index contributed by atoms with van der Waals surface area (Å²) in [5.41, 5.74) is 0. The molecule has 2 aliphatic rings. The maximum Gasteiger partial charge on any atom is 0.00828 e. The van der Waals surface area contributed by atoms with Gasteiger partial charge in [0.1, 0.15) is 0 Å². The van der Waals surface area contributed by atoms with Crippen molar-refractivity contribution >= 4 is 11.8 Å². The fraction of sp³-hybridized carbons (Fsp3) is 1.00. The van der Waals surface area contributed by atoms with Crippen molar-refractivity contribution in [3.05, 3.63) is 0 Å². The highest BCUT2D eigenvalue weighted by molar-refractivity contribution is 7.99. The molecule has 70 valence electrons. The molecular formula is C10H19NS. The normalized spacial score (nSPS) is 27.0. The largest absolute Gasteiger partial charge is 0.314 e. The van der Waals surface area contributed by atoms with E-state index in [9.17, 15) is 0 Å². The van der Waals surface area contributed by atoms with Crippen molar-refractivity contribution in [3.8, 4) is 0 Å². The minimum absolute atomic E-state index is 0.854. The van der Waals surface area contributed by atoms with Gasteiger partial charge in [-0.05, 0) is 49.7 Å². The summed E-state index contributed by atoms with van der Waals surface area (Å²) in [7, 11) is 0. The van der Waals surface area contributed by atoms with Gasteiger partial charge in [-0.3, -0.25) is 0 Å². The Morgan fingerprint density at radius 3 is 2.42 bits per heavy atom. The zero-order chi connectivity index (χ0) is 8.23. The van der Waals surface area contributed by atoms with Gasteiger partial charge in [-0.2, -0.15) is 11.8 Å². The molecule has 2 rings (SSSR count). The van der Waals surface area contributed by atoms with Crippen molar-refractivity contribution in [1.82, 2.24) is 5.32 Å². The van der Waals surface area contributed by atoms with Crippen molar-refractivity contribution in [2.24, 2.45) is 5.92 Å². The van der Waals surface area contributed by atoms with Crippen LogP contribution in [0.3, 0.4) is 0 Å².